The van der Waals surface area contributed by atoms with Crippen molar-refractivity contribution in [2.75, 3.05) is 5.33 Å². The van der Waals surface area contributed by atoms with E-state index in [4.69, 9.17) is 0 Å². The van der Waals surface area contributed by atoms with E-state index in [1.165, 1.54) is 5.56 Å². The Balaban J connectivity index is 2.50. The lowest BCUT2D eigenvalue weighted by Gasteiger charge is -1.83. The van der Waals surface area contributed by atoms with Crippen LogP contribution in [0.2, 0.25) is 0 Å². The maximum atomic E-state index is 3.79. The van der Waals surface area contributed by atoms with Crippen LogP contribution in [0, 0.1) is 0 Å². The summed E-state index contributed by atoms with van der Waals surface area (Å²) in [6.07, 6.45) is 4.79. The number of aromatic nitrogens is 2. The lowest BCUT2D eigenvalue weighted by atomic mass is 10.3. The quantitative estimate of drug-likeness (QED) is 0.675. The van der Waals surface area contributed by atoms with Crippen LogP contribution in [0.5, 0.6) is 0 Å². The number of hydrogen-bond acceptors (Lipinski definition) is 1. The summed E-state index contributed by atoms with van der Waals surface area (Å²) in [6.45, 7) is 0. The van der Waals surface area contributed by atoms with E-state index in [1.54, 1.807) is 0 Å². The van der Waals surface area contributed by atoms with E-state index >= 15 is 0 Å². The molecule has 0 atom stereocenters. The first kappa shape index (κ1) is 5.82. The molecule has 0 aliphatic carbocycles. The maximum absolute atomic E-state index is 3.79. The highest BCUT2D eigenvalue weighted by atomic mass is 79.9. The molecule has 1 aromatic rings. The second-order valence-electron chi connectivity index (χ2n) is 1.55. The Morgan fingerprint density at radius 3 is 3.12 bits per heavy atom. The summed E-state index contributed by atoms with van der Waals surface area (Å²) in [6, 6.07) is 0. The summed E-state index contributed by atoms with van der Waals surface area (Å²) < 4.78 is 0. The molecule has 0 aromatic carbocycles. The number of rotatable bonds is 2. The Bertz CT molecular complexity index is 136. The molecule has 0 fully saturated rings. The van der Waals surface area contributed by atoms with Crippen molar-refractivity contribution in [3.05, 3.63) is 18.0 Å². The van der Waals surface area contributed by atoms with Crippen LogP contribution in [0.25, 0.3) is 0 Å². The van der Waals surface area contributed by atoms with Gasteiger partial charge in [-0.1, -0.05) is 15.9 Å². The molecule has 1 aromatic heterocycles. The van der Waals surface area contributed by atoms with Crippen LogP contribution in [0.1, 0.15) is 5.56 Å². The monoisotopic (exact) mass is 174 g/mol. The highest BCUT2D eigenvalue weighted by molar-refractivity contribution is 9.09. The van der Waals surface area contributed by atoms with Crippen molar-refractivity contribution in [2.45, 2.75) is 6.42 Å². The van der Waals surface area contributed by atoms with Gasteiger partial charge in [-0.15, -0.1) is 0 Å². The smallest absolute Gasteiger partial charge is 0.0519 e. The van der Waals surface area contributed by atoms with Gasteiger partial charge >= 0.3 is 0 Å². The van der Waals surface area contributed by atoms with Crippen LogP contribution in [-0.2, 0) is 6.42 Å². The summed E-state index contributed by atoms with van der Waals surface area (Å²) in [7, 11) is 0. The summed E-state index contributed by atoms with van der Waals surface area (Å²) in [5.74, 6) is 0. The van der Waals surface area contributed by atoms with Crippen molar-refractivity contribution < 1.29 is 0 Å². The summed E-state index contributed by atoms with van der Waals surface area (Å²) >= 11 is 3.33. The molecule has 0 spiro atoms. The lowest BCUT2D eigenvalue weighted by molar-refractivity contribution is 1.09. The molecule has 3 heteroatoms. The number of halogens is 1. The molecule has 0 bridgehead atoms. The van der Waals surface area contributed by atoms with Gasteiger partial charge in [-0.05, 0) is 12.0 Å². The van der Waals surface area contributed by atoms with E-state index < -0.39 is 0 Å². The van der Waals surface area contributed by atoms with Crippen LogP contribution in [0.4, 0.5) is 0 Å². The molecule has 0 aliphatic heterocycles. The lowest BCUT2D eigenvalue weighted by Crippen LogP contribution is -1.78. The van der Waals surface area contributed by atoms with Gasteiger partial charge < -0.3 is 0 Å². The van der Waals surface area contributed by atoms with E-state index in [0.717, 1.165) is 11.8 Å². The zero-order chi connectivity index (χ0) is 5.82. The molecular formula is C5H7BrN2. The molecule has 0 amide bonds. The summed E-state index contributed by atoms with van der Waals surface area (Å²) in [5, 5.41) is 7.55. The largest absolute Gasteiger partial charge is 0.285 e. The SMILES string of the molecule is BrCCc1cn[nH]c1. The van der Waals surface area contributed by atoms with Crippen molar-refractivity contribution in [1.82, 2.24) is 10.2 Å². The number of aryl methyl sites for hydroxylation is 1. The highest BCUT2D eigenvalue weighted by Gasteiger charge is 1.88. The van der Waals surface area contributed by atoms with Crippen LogP contribution in [-0.4, -0.2) is 15.5 Å². The molecule has 1 N–H and O–H groups in total. The number of aromatic amines is 1. The molecular weight excluding hydrogens is 168 g/mol. The molecule has 8 heavy (non-hydrogen) atoms. The third kappa shape index (κ3) is 1.33. The van der Waals surface area contributed by atoms with E-state index in [1.807, 2.05) is 12.4 Å². The van der Waals surface area contributed by atoms with Crippen LogP contribution >= 0.6 is 15.9 Å². The van der Waals surface area contributed by atoms with Crippen molar-refractivity contribution in [3.63, 3.8) is 0 Å². The zero-order valence-corrected chi connectivity index (χ0v) is 5.98. The van der Waals surface area contributed by atoms with Crippen molar-refractivity contribution in [1.29, 1.82) is 0 Å². The zero-order valence-electron chi connectivity index (χ0n) is 4.39. The number of H-pyrrole nitrogens is 1. The minimum absolute atomic E-state index is 1.01. The average Bonchev–Trinajstić information content (AvgIpc) is 2.19. The molecule has 0 saturated carbocycles. The van der Waals surface area contributed by atoms with Crippen LogP contribution < -0.4 is 0 Å². The Morgan fingerprint density at radius 1 is 1.75 bits per heavy atom. The molecule has 0 unspecified atom stereocenters. The van der Waals surface area contributed by atoms with Gasteiger partial charge in [-0.2, -0.15) is 5.10 Å². The number of alkyl halides is 1. The van der Waals surface area contributed by atoms with Gasteiger partial charge in [-0.3, -0.25) is 5.10 Å². The Morgan fingerprint density at radius 2 is 2.62 bits per heavy atom. The topological polar surface area (TPSA) is 28.7 Å². The van der Waals surface area contributed by atoms with Gasteiger partial charge in [0.1, 0.15) is 0 Å². The Hall–Kier alpha value is -0.310. The first-order valence-electron chi connectivity index (χ1n) is 2.47. The molecule has 0 saturated heterocycles. The fraction of sp³-hybridized carbons (Fsp3) is 0.400. The van der Waals surface area contributed by atoms with Crippen LogP contribution in [0.3, 0.4) is 0 Å². The molecule has 2 nitrogen and oxygen atoms in total. The third-order valence-corrected chi connectivity index (χ3v) is 1.33. The second-order valence-corrected chi connectivity index (χ2v) is 2.34. The molecule has 1 rings (SSSR count). The maximum Gasteiger partial charge on any atom is 0.0519 e. The van der Waals surface area contributed by atoms with Crippen molar-refractivity contribution in [2.24, 2.45) is 0 Å². The van der Waals surface area contributed by atoms with Crippen molar-refractivity contribution in [3.8, 4) is 0 Å². The second kappa shape index (κ2) is 2.87. The minimum atomic E-state index is 1.01. The molecule has 0 aliphatic rings. The number of nitrogens with one attached hydrogen (secondary N) is 1. The molecule has 0 radical (unpaired) electrons. The highest BCUT2D eigenvalue weighted by Crippen LogP contribution is 1.96. The molecule has 44 valence electrons. The van der Waals surface area contributed by atoms with Crippen molar-refractivity contribution >= 4 is 15.9 Å². The van der Waals surface area contributed by atoms with Gasteiger partial charge in [0.25, 0.3) is 0 Å². The van der Waals surface area contributed by atoms with E-state index in [-0.39, 0.29) is 0 Å². The van der Waals surface area contributed by atoms with E-state index in [9.17, 15) is 0 Å². The third-order valence-electron chi connectivity index (χ3n) is 0.938. The first-order valence-corrected chi connectivity index (χ1v) is 3.59. The molecule has 1 heterocycles. The van der Waals surface area contributed by atoms with Gasteiger partial charge in [-0.25, -0.2) is 0 Å². The minimum Gasteiger partial charge on any atom is -0.285 e. The Labute approximate surface area is 56.4 Å². The number of hydrogen-bond donors (Lipinski definition) is 1. The van der Waals surface area contributed by atoms with Crippen LogP contribution in [0.15, 0.2) is 12.4 Å². The Kier molecular flexibility index (Phi) is 2.09. The predicted molar refractivity (Wildman–Crippen MR) is 36.1 cm³/mol. The fourth-order valence-electron chi connectivity index (χ4n) is 0.523. The van der Waals surface area contributed by atoms with E-state index in [0.29, 0.717) is 0 Å². The number of nitrogens with zero attached hydrogens (tertiary/aromatic N) is 1. The van der Waals surface area contributed by atoms with Gasteiger partial charge in [0.15, 0.2) is 0 Å². The van der Waals surface area contributed by atoms with E-state index in [2.05, 4.69) is 26.1 Å². The summed E-state index contributed by atoms with van der Waals surface area (Å²) in [4.78, 5) is 0. The van der Waals surface area contributed by atoms with Gasteiger partial charge in [0.2, 0.25) is 0 Å². The van der Waals surface area contributed by atoms with Gasteiger partial charge in [0.05, 0.1) is 6.20 Å². The first-order chi connectivity index (χ1) is 3.93. The predicted octanol–water partition coefficient (Wildman–Crippen LogP) is 1.35. The summed E-state index contributed by atoms with van der Waals surface area (Å²) in [5.41, 5.74) is 1.25. The standard InChI is InChI=1S/C5H7BrN2/c6-2-1-5-3-7-8-4-5/h3-4H,1-2H2,(H,7,8). The van der Waals surface area contributed by atoms with Gasteiger partial charge in [0, 0.05) is 11.5 Å². The normalized spacial score (nSPS) is 9.62. The average molecular weight is 175 g/mol. The fourth-order valence-corrected chi connectivity index (χ4v) is 0.981.